The van der Waals surface area contributed by atoms with Gasteiger partial charge in [0.2, 0.25) is 5.91 Å². The maximum atomic E-state index is 13.4. The van der Waals surface area contributed by atoms with Crippen LogP contribution >= 0.6 is 11.6 Å². The van der Waals surface area contributed by atoms with Crippen LogP contribution in [0.15, 0.2) is 42.5 Å². The molecule has 0 saturated carbocycles. The fraction of sp³-hybridized carbons (Fsp3) is 0.536. The number of carbonyl (C=O) groups excluding carboxylic acids is 1. The van der Waals surface area contributed by atoms with Crippen molar-refractivity contribution in [3.63, 3.8) is 0 Å². The van der Waals surface area contributed by atoms with E-state index in [0.717, 1.165) is 38.7 Å². The Bertz CT molecular complexity index is 1100. The lowest BCUT2D eigenvalue weighted by Crippen LogP contribution is -2.57. The normalized spacial score (nSPS) is 21.6. The van der Waals surface area contributed by atoms with Crippen molar-refractivity contribution in [2.45, 2.75) is 51.4 Å². The zero-order chi connectivity index (χ0) is 27.4. The number of hydrogen-bond acceptors (Lipinski definition) is 4. The average Bonchev–Trinajstić information content (AvgIpc) is 2.89. The fourth-order valence-electron chi connectivity index (χ4n) is 5.59. The Kier molecular flexibility index (Phi) is 9.21. The molecule has 2 fully saturated rings. The van der Waals surface area contributed by atoms with E-state index < -0.39 is 17.6 Å². The van der Waals surface area contributed by atoms with Crippen molar-refractivity contribution in [1.82, 2.24) is 9.80 Å². The summed E-state index contributed by atoms with van der Waals surface area (Å²) >= 11 is 5.83. The van der Waals surface area contributed by atoms with Gasteiger partial charge in [-0.25, -0.2) is 4.39 Å². The van der Waals surface area contributed by atoms with Gasteiger partial charge >= 0.3 is 6.18 Å². The van der Waals surface area contributed by atoms with E-state index in [1.165, 1.54) is 30.3 Å². The van der Waals surface area contributed by atoms with Crippen LogP contribution in [-0.2, 0) is 11.0 Å². The van der Waals surface area contributed by atoms with E-state index in [-0.39, 0.29) is 16.8 Å². The Morgan fingerprint density at radius 2 is 1.82 bits per heavy atom. The van der Waals surface area contributed by atoms with Crippen molar-refractivity contribution in [3.8, 4) is 0 Å². The van der Waals surface area contributed by atoms with Crippen molar-refractivity contribution < 1.29 is 22.4 Å². The van der Waals surface area contributed by atoms with Crippen LogP contribution in [0.1, 0.15) is 38.7 Å². The molecule has 0 unspecified atom stereocenters. The third-order valence-electron chi connectivity index (χ3n) is 7.72. The number of benzene rings is 2. The summed E-state index contributed by atoms with van der Waals surface area (Å²) in [4.78, 5) is 19.6. The van der Waals surface area contributed by atoms with Gasteiger partial charge in [-0.1, -0.05) is 17.7 Å². The second-order valence-electron chi connectivity index (χ2n) is 10.5. The van der Waals surface area contributed by atoms with Gasteiger partial charge in [0.1, 0.15) is 5.82 Å². The van der Waals surface area contributed by atoms with Crippen LogP contribution in [-0.4, -0.2) is 67.1 Å². The number of amides is 1. The van der Waals surface area contributed by atoms with Crippen LogP contribution in [0.2, 0.25) is 5.02 Å². The summed E-state index contributed by atoms with van der Waals surface area (Å²) in [6, 6.07) is 10.4. The summed E-state index contributed by atoms with van der Waals surface area (Å²) in [5.41, 5.74) is 0.444. The highest BCUT2D eigenvalue weighted by Crippen LogP contribution is 2.33. The van der Waals surface area contributed by atoms with Crippen molar-refractivity contribution in [2.24, 2.45) is 5.92 Å². The molecule has 0 radical (unpaired) electrons. The first-order valence-corrected chi connectivity index (χ1v) is 13.5. The largest absolute Gasteiger partial charge is 0.416 e. The highest BCUT2D eigenvalue weighted by Gasteiger charge is 2.36. The molecule has 2 saturated heterocycles. The van der Waals surface area contributed by atoms with Crippen molar-refractivity contribution in [1.29, 1.82) is 0 Å². The molecule has 2 aliphatic heterocycles. The molecule has 2 aromatic rings. The fourth-order valence-corrected chi connectivity index (χ4v) is 5.77. The molecule has 208 valence electrons. The molecule has 2 aromatic carbocycles. The summed E-state index contributed by atoms with van der Waals surface area (Å²) in [7, 11) is 0. The molecule has 2 aliphatic rings. The van der Waals surface area contributed by atoms with Gasteiger partial charge < -0.3 is 15.1 Å². The van der Waals surface area contributed by atoms with Crippen LogP contribution in [0.5, 0.6) is 0 Å². The van der Waals surface area contributed by atoms with E-state index in [1.54, 1.807) is 6.07 Å². The Hall–Kier alpha value is -2.36. The van der Waals surface area contributed by atoms with Crippen LogP contribution in [0.25, 0.3) is 0 Å². The van der Waals surface area contributed by atoms with E-state index in [9.17, 15) is 22.4 Å². The minimum Gasteiger partial charge on any atom is -0.369 e. The van der Waals surface area contributed by atoms with E-state index in [4.69, 9.17) is 11.6 Å². The molecule has 1 amide bonds. The summed E-state index contributed by atoms with van der Waals surface area (Å²) in [5, 5.41) is 2.78. The quantitative estimate of drug-likeness (QED) is 0.417. The van der Waals surface area contributed by atoms with Gasteiger partial charge in [-0.3, -0.25) is 9.69 Å². The smallest absolute Gasteiger partial charge is 0.369 e. The lowest BCUT2D eigenvalue weighted by atomic mass is 9.86. The second-order valence-corrected chi connectivity index (χ2v) is 10.9. The standard InChI is InChI=1S/C28H35ClF4N4O/c1-19(2)37-11-10-26(20(18-37)6-9-27(38)34-22-7-8-25(30)24(29)17-22)36-14-12-35(13-15-36)23-5-3-4-21(16-23)28(31,32)33/h3-5,7-8,16-17,19-20,26H,6,9-15,18H2,1-2H3,(H,34,38)/t20-,26+/m0/s1. The highest BCUT2D eigenvalue weighted by molar-refractivity contribution is 6.31. The number of carbonyl (C=O) groups is 1. The maximum Gasteiger partial charge on any atom is 0.416 e. The van der Waals surface area contributed by atoms with Crippen LogP contribution in [0.3, 0.4) is 0 Å². The number of piperazine rings is 1. The number of anilines is 2. The van der Waals surface area contributed by atoms with E-state index in [2.05, 4.69) is 29.0 Å². The predicted octanol–water partition coefficient (Wildman–Crippen LogP) is 6.14. The molecular formula is C28H35ClF4N4O. The third-order valence-corrected chi connectivity index (χ3v) is 8.01. The average molecular weight is 555 g/mol. The zero-order valence-corrected chi connectivity index (χ0v) is 22.5. The van der Waals surface area contributed by atoms with E-state index in [0.29, 0.717) is 49.4 Å². The number of nitrogens with zero attached hydrogens (tertiary/aromatic N) is 3. The second kappa shape index (κ2) is 12.2. The van der Waals surface area contributed by atoms with Gasteiger partial charge in [0.15, 0.2) is 0 Å². The van der Waals surface area contributed by atoms with Gasteiger partial charge in [0, 0.05) is 62.6 Å². The number of halogens is 5. The summed E-state index contributed by atoms with van der Waals surface area (Å²) < 4.78 is 53.0. The number of rotatable bonds is 7. The molecule has 0 spiro atoms. The Balaban J connectivity index is 1.37. The first-order valence-electron chi connectivity index (χ1n) is 13.2. The van der Waals surface area contributed by atoms with Crippen LogP contribution < -0.4 is 10.2 Å². The molecule has 0 aliphatic carbocycles. The van der Waals surface area contributed by atoms with Crippen LogP contribution in [0, 0.1) is 11.7 Å². The van der Waals surface area contributed by atoms with Crippen molar-refractivity contribution in [3.05, 3.63) is 58.9 Å². The van der Waals surface area contributed by atoms with Gasteiger partial charge in [0.05, 0.1) is 10.6 Å². The summed E-state index contributed by atoms with van der Waals surface area (Å²) in [6.07, 6.45) is -2.32. The zero-order valence-electron chi connectivity index (χ0n) is 21.8. The SMILES string of the molecule is CC(C)N1CC[C@@H](N2CCN(c3cccc(C(F)(F)F)c3)CC2)[C@@H](CCC(=O)Nc2ccc(F)c(Cl)c2)C1. The lowest BCUT2D eigenvalue weighted by Gasteiger charge is -2.48. The number of alkyl halides is 3. The topological polar surface area (TPSA) is 38.8 Å². The molecule has 4 rings (SSSR count). The lowest BCUT2D eigenvalue weighted by molar-refractivity contribution is -0.137. The minimum atomic E-state index is -4.36. The van der Waals surface area contributed by atoms with Gasteiger partial charge in [-0.05, 0) is 75.5 Å². The molecular weight excluding hydrogens is 520 g/mol. The summed E-state index contributed by atoms with van der Waals surface area (Å²) in [5.74, 6) is -0.382. The third kappa shape index (κ3) is 7.18. The van der Waals surface area contributed by atoms with Gasteiger partial charge in [-0.2, -0.15) is 13.2 Å². The molecule has 10 heteroatoms. The monoisotopic (exact) mass is 554 g/mol. The van der Waals surface area contributed by atoms with E-state index in [1.807, 2.05) is 4.90 Å². The Morgan fingerprint density at radius 1 is 1.08 bits per heavy atom. The molecule has 0 bridgehead atoms. The molecule has 5 nitrogen and oxygen atoms in total. The van der Waals surface area contributed by atoms with Crippen molar-refractivity contribution >= 4 is 28.9 Å². The van der Waals surface area contributed by atoms with E-state index >= 15 is 0 Å². The molecule has 2 heterocycles. The maximum absolute atomic E-state index is 13.4. The first-order chi connectivity index (χ1) is 18.0. The number of nitrogens with one attached hydrogen (secondary N) is 1. The van der Waals surface area contributed by atoms with Crippen molar-refractivity contribution in [2.75, 3.05) is 49.5 Å². The molecule has 1 N–H and O–H groups in total. The van der Waals surface area contributed by atoms with Gasteiger partial charge in [0.25, 0.3) is 0 Å². The summed E-state index contributed by atoms with van der Waals surface area (Å²) in [6.45, 7) is 9.07. The first kappa shape index (κ1) is 28.6. The Morgan fingerprint density at radius 3 is 2.47 bits per heavy atom. The number of piperidine rings is 1. The molecule has 0 aromatic heterocycles. The van der Waals surface area contributed by atoms with Gasteiger partial charge in [-0.15, -0.1) is 0 Å². The Labute approximate surface area is 226 Å². The van der Waals surface area contributed by atoms with Crippen LogP contribution in [0.4, 0.5) is 28.9 Å². The number of likely N-dealkylation sites (tertiary alicyclic amines) is 1. The predicted molar refractivity (Wildman–Crippen MR) is 143 cm³/mol. The molecule has 38 heavy (non-hydrogen) atoms. The minimum absolute atomic E-state index is 0.0352. The highest BCUT2D eigenvalue weighted by atomic mass is 35.5. The molecule has 2 atom stereocenters. The number of hydrogen-bond donors (Lipinski definition) is 1.